The lowest BCUT2D eigenvalue weighted by molar-refractivity contribution is -0.126. The molecule has 2 heterocycles. The Morgan fingerprint density at radius 1 is 1.38 bits per heavy atom. The van der Waals surface area contributed by atoms with Crippen LogP contribution in [-0.4, -0.2) is 28.9 Å². The number of aromatic nitrogens is 2. The largest absolute Gasteiger partial charge is 0.495 e. The highest BCUT2D eigenvalue weighted by atomic mass is 16.5. The number of ether oxygens (including phenoxy) is 1. The highest BCUT2D eigenvalue weighted by Gasteiger charge is 2.32. The van der Waals surface area contributed by atoms with Crippen molar-refractivity contribution in [3.8, 4) is 5.75 Å². The number of nitrogens with zero attached hydrogens (tertiary/aromatic N) is 2. The van der Waals surface area contributed by atoms with E-state index in [2.05, 4.69) is 20.6 Å². The van der Waals surface area contributed by atoms with E-state index in [4.69, 9.17) is 4.74 Å². The Kier molecular flexibility index (Phi) is 4.41. The highest BCUT2D eigenvalue weighted by molar-refractivity contribution is 6.02. The molecule has 0 aliphatic carbocycles. The third-order valence-electron chi connectivity index (χ3n) is 3.90. The standard InChI is InChI=1S/C17H18N4O3/c1-10-7-19-11(8-18-10)9-20-17(23)13-6-15(22)21-16-12(13)4-3-5-14(16)24-2/h3-5,7-8,13H,6,9H2,1-2H3,(H,20,23)(H,21,22)/t13-/m0/s1. The van der Waals surface area contributed by atoms with Crippen molar-refractivity contribution in [1.82, 2.24) is 15.3 Å². The Balaban J connectivity index is 1.78. The summed E-state index contributed by atoms with van der Waals surface area (Å²) in [6.07, 6.45) is 3.38. The molecule has 1 aliphatic heterocycles. The first-order chi connectivity index (χ1) is 11.6. The van der Waals surface area contributed by atoms with E-state index in [9.17, 15) is 9.59 Å². The number of benzene rings is 1. The molecule has 0 bridgehead atoms. The van der Waals surface area contributed by atoms with Crippen molar-refractivity contribution in [2.24, 2.45) is 0 Å². The van der Waals surface area contributed by atoms with Crippen molar-refractivity contribution in [2.75, 3.05) is 12.4 Å². The van der Waals surface area contributed by atoms with Gasteiger partial charge in [-0.25, -0.2) is 0 Å². The molecule has 0 spiro atoms. The van der Waals surface area contributed by atoms with Gasteiger partial charge in [0.1, 0.15) is 5.75 Å². The zero-order valence-corrected chi connectivity index (χ0v) is 13.5. The predicted molar refractivity (Wildman–Crippen MR) is 87.6 cm³/mol. The third kappa shape index (κ3) is 3.19. The number of methoxy groups -OCH3 is 1. The number of hydrogen-bond acceptors (Lipinski definition) is 5. The molecular formula is C17H18N4O3. The minimum Gasteiger partial charge on any atom is -0.495 e. The average molecular weight is 326 g/mol. The molecule has 0 saturated carbocycles. The molecule has 7 heteroatoms. The number of hydrogen-bond donors (Lipinski definition) is 2. The molecule has 1 aliphatic rings. The monoisotopic (exact) mass is 326 g/mol. The number of aryl methyl sites for hydroxylation is 1. The van der Waals surface area contributed by atoms with Crippen LogP contribution in [0.15, 0.2) is 30.6 Å². The maximum absolute atomic E-state index is 12.6. The minimum atomic E-state index is -0.553. The molecule has 0 fully saturated rings. The van der Waals surface area contributed by atoms with Gasteiger partial charge in [-0.2, -0.15) is 0 Å². The van der Waals surface area contributed by atoms with Crippen molar-refractivity contribution in [3.63, 3.8) is 0 Å². The van der Waals surface area contributed by atoms with Crippen LogP contribution >= 0.6 is 0 Å². The molecule has 1 atom stereocenters. The first kappa shape index (κ1) is 15.9. The SMILES string of the molecule is COc1cccc2c1NC(=O)C[C@@H]2C(=O)NCc1cnc(C)cn1. The van der Waals surface area contributed by atoms with Gasteiger partial charge in [-0.15, -0.1) is 0 Å². The lowest BCUT2D eigenvalue weighted by Gasteiger charge is -2.26. The van der Waals surface area contributed by atoms with Crippen LogP contribution in [0.5, 0.6) is 5.75 Å². The molecule has 1 aromatic heterocycles. The second-order valence-corrected chi connectivity index (χ2v) is 5.60. The molecule has 124 valence electrons. The molecule has 0 unspecified atom stereocenters. The molecule has 0 radical (unpaired) electrons. The van der Waals surface area contributed by atoms with Crippen LogP contribution in [0.4, 0.5) is 5.69 Å². The summed E-state index contributed by atoms with van der Waals surface area (Å²) in [7, 11) is 1.53. The quantitative estimate of drug-likeness (QED) is 0.889. The zero-order chi connectivity index (χ0) is 17.1. The van der Waals surface area contributed by atoms with E-state index in [0.29, 0.717) is 17.1 Å². The van der Waals surface area contributed by atoms with Crippen LogP contribution in [0.3, 0.4) is 0 Å². The number of carbonyl (C=O) groups excluding carboxylic acids is 2. The van der Waals surface area contributed by atoms with Gasteiger partial charge in [0.2, 0.25) is 11.8 Å². The highest BCUT2D eigenvalue weighted by Crippen LogP contribution is 2.38. The lowest BCUT2D eigenvalue weighted by Crippen LogP contribution is -2.35. The van der Waals surface area contributed by atoms with E-state index in [1.807, 2.05) is 13.0 Å². The van der Waals surface area contributed by atoms with Crippen LogP contribution in [0, 0.1) is 6.92 Å². The van der Waals surface area contributed by atoms with Crippen LogP contribution in [0.25, 0.3) is 0 Å². The summed E-state index contributed by atoms with van der Waals surface area (Å²) in [4.78, 5) is 32.9. The normalized spacial score (nSPS) is 16.1. The number of amides is 2. The van der Waals surface area contributed by atoms with Crippen molar-refractivity contribution in [3.05, 3.63) is 47.5 Å². The third-order valence-corrected chi connectivity index (χ3v) is 3.90. The molecule has 0 saturated heterocycles. The van der Waals surface area contributed by atoms with Gasteiger partial charge >= 0.3 is 0 Å². The van der Waals surface area contributed by atoms with Gasteiger partial charge in [-0.1, -0.05) is 12.1 Å². The van der Waals surface area contributed by atoms with Crippen LogP contribution in [-0.2, 0) is 16.1 Å². The molecule has 2 amide bonds. The van der Waals surface area contributed by atoms with E-state index in [0.717, 1.165) is 11.3 Å². The Labute approximate surface area is 139 Å². The molecule has 24 heavy (non-hydrogen) atoms. The van der Waals surface area contributed by atoms with Crippen molar-refractivity contribution in [2.45, 2.75) is 25.8 Å². The zero-order valence-electron chi connectivity index (χ0n) is 13.5. The summed E-state index contributed by atoms with van der Waals surface area (Å²) in [5, 5.41) is 5.60. The van der Waals surface area contributed by atoms with Gasteiger partial charge in [0.15, 0.2) is 0 Å². The minimum absolute atomic E-state index is 0.103. The second-order valence-electron chi connectivity index (χ2n) is 5.60. The van der Waals surface area contributed by atoms with Gasteiger partial charge in [0.05, 0.1) is 42.8 Å². The Hall–Kier alpha value is -2.96. The van der Waals surface area contributed by atoms with Gasteiger partial charge in [0, 0.05) is 12.6 Å². The summed E-state index contributed by atoms with van der Waals surface area (Å²) in [6, 6.07) is 5.38. The summed E-state index contributed by atoms with van der Waals surface area (Å²) in [6.45, 7) is 2.11. The fraction of sp³-hybridized carbons (Fsp3) is 0.294. The predicted octanol–water partition coefficient (Wildman–Crippen LogP) is 1.54. The number of anilines is 1. The first-order valence-electron chi connectivity index (χ1n) is 7.60. The average Bonchev–Trinajstić information content (AvgIpc) is 2.59. The fourth-order valence-corrected chi connectivity index (χ4v) is 2.67. The molecule has 2 N–H and O–H groups in total. The second kappa shape index (κ2) is 6.66. The van der Waals surface area contributed by atoms with Gasteiger partial charge < -0.3 is 15.4 Å². The van der Waals surface area contributed by atoms with Crippen molar-refractivity contribution in [1.29, 1.82) is 0 Å². The smallest absolute Gasteiger partial charge is 0.228 e. The van der Waals surface area contributed by atoms with E-state index < -0.39 is 5.92 Å². The maximum atomic E-state index is 12.6. The molecular weight excluding hydrogens is 308 g/mol. The molecule has 2 aromatic rings. The Morgan fingerprint density at radius 2 is 2.21 bits per heavy atom. The van der Waals surface area contributed by atoms with Crippen LogP contribution in [0.2, 0.25) is 0 Å². The van der Waals surface area contributed by atoms with Crippen LogP contribution < -0.4 is 15.4 Å². The molecule has 7 nitrogen and oxygen atoms in total. The maximum Gasteiger partial charge on any atom is 0.228 e. The molecule has 3 rings (SSSR count). The van der Waals surface area contributed by atoms with E-state index in [1.165, 1.54) is 7.11 Å². The first-order valence-corrected chi connectivity index (χ1v) is 7.60. The number of para-hydroxylation sites is 1. The number of carbonyl (C=O) groups is 2. The fourth-order valence-electron chi connectivity index (χ4n) is 2.67. The topological polar surface area (TPSA) is 93.2 Å². The van der Waals surface area contributed by atoms with E-state index >= 15 is 0 Å². The molecule has 1 aromatic carbocycles. The lowest BCUT2D eigenvalue weighted by atomic mass is 9.89. The Bertz CT molecular complexity index is 774. The van der Waals surface area contributed by atoms with Gasteiger partial charge in [-0.3, -0.25) is 19.6 Å². The van der Waals surface area contributed by atoms with Gasteiger partial charge in [0.25, 0.3) is 0 Å². The Morgan fingerprint density at radius 3 is 2.92 bits per heavy atom. The summed E-state index contributed by atoms with van der Waals surface area (Å²) < 4.78 is 5.26. The van der Waals surface area contributed by atoms with E-state index in [-0.39, 0.29) is 24.8 Å². The van der Waals surface area contributed by atoms with Gasteiger partial charge in [-0.05, 0) is 18.6 Å². The number of nitrogens with one attached hydrogen (secondary N) is 2. The van der Waals surface area contributed by atoms with Crippen LogP contribution in [0.1, 0.15) is 29.3 Å². The van der Waals surface area contributed by atoms with Crippen molar-refractivity contribution < 1.29 is 14.3 Å². The summed E-state index contributed by atoms with van der Waals surface area (Å²) in [5.74, 6) is -0.436. The number of rotatable bonds is 4. The summed E-state index contributed by atoms with van der Waals surface area (Å²) in [5.41, 5.74) is 2.79. The number of fused-ring (bicyclic) bond motifs is 1. The van der Waals surface area contributed by atoms with E-state index in [1.54, 1.807) is 24.5 Å². The summed E-state index contributed by atoms with van der Waals surface area (Å²) >= 11 is 0. The van der Waals surface area contributed by atoms with Crippen molar-refractivity contribution >= 4 is 17.5 Å².